The molecule has 27 heavy (non-hydrogen) atoms. The van der Waals surface area contributed by atoms with Gasteiger partial charge in [-0.3, -0.25) is 0 Å². The van der Waals surface area contributed by atoms with Crippen molar-refractivity contribution in [3.8, 4) is 11.5 Å². The Labute approximate surface area is 161 Å². The van der Waals surface area contributed by atoms with E-state index >= 15 is 0 Å². The van der Waals surface area contributed by atoms with Gasteiger partial charge in [0.25, 0.3) is 0 Å². The Morgan fingerprint density at radius 3 is 2.44 bits per heavy atom. The highest BCUT2D eigenvalue weighted by molar-refractivity contribution is 7.22. The fourth-order valence-corrected chi connectivity index (χ4v) is 3.90. The van der Waals surface area contributed by atoms with Gasteiger partial charge in [0.2, 0.25) is 0 Å². The van der Waals surface area contributed by atoms with E-state index in [1.54, 1.807) is 31.8 Å². The van der Waals surface area contributed by atoms with E-state index in [-0.39, 0.29) is 6.04 Å². The molecule has 0 unspecified atom stereocenters. The molecule has 6 nitrogen and oxygen atoms in total. The molecular weight excluding hydrogens is 360 g/mol. The predicted octanol–water partition coefficient (Wildman–Crippen LogP) is 4.25. The van der Waals surface area contributed by atoms with Gasteiger partial charge in [0.05, 0.1) is 24.4 Å². The van der Waals surface area contributed by atoms with E-state index in [0.717, 1.165) is 38.2 Å². The smallest absolute Gasteiger partial charge is 0.184 e. The van der Waals surface area contributed by atoms with Gasteiger partial charge in [0, 0.05) is 25.5 Å². The Bertz CT molecular complexity index is 1020. The number of benzene rings is 2. The van der Waals surface area contributed by atoms with Gasteiger partial charge in [-0.1, -0.05) is 23.5 Å². The van der Waals surface area contributed by atoms with Gasteiger partial charge < -0.3 is 19.4 Å². The summed E-state index contributed by atoms with van der Waals surface area (Å²) in [5.41, 5.74) is 1.96. The zero-order valence-electron chi connectivity index (χ0n) is 15.3. The molecule has 0 aliphatic carbocycles. The summed E-state index contributed by atoms with van der Waals surface area (Å²) in [6, 6.07) is 13.7. The van der Waals surface area contributed by atoms with E-state index in [1.807, 2.05) is 54.2 Å². The molecule has 2 aromatic carbocycles. The molecule has 2 heterocycles. The molecule has 0 spiro atoms. The van der Waals surface area contributed by atoms with Crippen LogP contribution in [0.25, 0.3) is 10.2 Å². The predicted molar refractivity (Wildman–Crippen MR) is 108 cm³/mol. The molecule has 0 saturated carbocycles. The van der Waals surface area contributed by atoms with Crippen molar-refractivity contribution in [2.24, 2.45) is 7.05 Å². The third-order valence-electron chi connectivity index (χ3n) is 4.39. The van der Waals surface area contributed by atoms with Gasteiger partial charge in [0.15, 0.2) is 5.13 Å². The van der Waals surface area contributed by atoms with E-state index in [0.29, 0.717) is 0 Å². The van der Waals surface area contributed by atoms with Crippen LogP contribution in [0.15, 0.2) is 54.9 Å². The molecule has 2 aromatic heterocycles. The van der Waals surface area contributed by atoms with Crippen LogP contribution in [0.4, 0.5) is 5.13 Å². The summed E-state index contributed by atoms with van der Waals surface area (Å²) in [5.74, 6) is 2.34. The summed E-state index contributed by atoms with van der Waals surface area (Å²) >= 11 is 1.62. The van der Waals surface area contributed by atoms with Crippen molar-refractivity contribution in [2.75, 3.05) is 19.5 Å². The monoisotopic (exact) mass is 380 g/mol. The number of nitrogens with zero attached hydrogens (tertiary/aromatic N) is 3. The number of methoxy groups -OCH3 is 2. The van der Waals surface area contributed by atoms with E-state index in [1.165, 1.54) is 0 Å². The second-order valence-corrected chi connectivity index (χ2v) is 7.14. The number of anilines is 1. The summed E-state index contributed by atoms with van der Waals surface area (Å²) < 4.78 is 14.0. The fraction of sp³-hybridized carbons (Fsp3) is 0.200. The lowest BCUT2D eigenvalue weighted by molar-refractivity contribution is 0.393. The lowest BCUT2D eigenvalue weighted by atomic mass is 10.1. The number of imidazole rings is 1. The average Bonchev–Trinajstić information content (AvgIpc) is 3.30. The molecule has 0 bridgehead atoms. The van der Waals surface area contributed by atoms with E-state index in [4.69, 9.17) is 14.5 Å². The normalized spacial score (nSPS) is 12.1. The zero-order valence-corrected chi connectivity index (χ0v) is 16.2. The maximum Gasteiger partial charge on any atom is 0.184 e. The minimum absolute atomic E-state index is 0.199. The first-order valence-electron chi connectivity index (χ1n) is 8.50. The molecule has 0 aliphatic heterocycles. The summed E-state index contributed by atoms with van der Waals surface area (Å²) in [7, 11) is 5.28. The lowest BCUT2D eigenvalue weighted by Gasteiger charge is -2.20. The number of fused-ring (bicyclic) bond motifs is 1. The second kappa shape index (κ2) is 7.28. The van der Waals surface area contributed by atoms with Gasteiger partial charge in [-0.25, -0.2) is 9.97 Å². The van der Waals surface area contributed by atoms with Crippen molar-refractivity contribution in [2.45, 2.75) is 6.04 Å². The molecule has 1 N–H and O–H groups in total. The molecule has 7 heteroatoms. The molecule has 0 saturated heterocycles. The zero-order chi connectivity index (χ0) is 18.8. The number of para-hydroxylation sites is 1. The highest BCUT2D eigenvalue weighted by atomic mass is 32.1. The van der Waals surface area contributed by atoms with E-state index < -0.39 is 0 Å². The van der Waals surface area contributed by atoms with Gasteiger partial charge >= 0.3 is 0 Å². The SMILES string of the molecule is COc1cc(OC)cc([C@H](Nc2nc3ccccc3s2)c2nccn2C)c1. The largest absolute Gasteiger partial charge is 0.497 e. The molecule has 0 aliphatic rings. The Balaban J connectivity index is 1.79. The maximum atomic E-state index is 5.45. The van der Waals surface area contributed by atoms with E-state index in [2.05, 4.69) is 16.4 Å². The van der Waals surface area contributed by atoms with Crippen LogP contribution < -0.4 is 14.8 Å². The van der Waals surface area contributed by atoms with Crippen LogP contribution in [-0.4, -0.2) is 28.8 Å². The molecular formula is C20H20N4O2S. The second-order valence-electron chi connectivity index (χ2n) is 6.11. The summed E-state index contributed by atoms with van der Waals surface area (Å²) in [6.07, 6.45) is 3.72. The van der Waals surface area contributed by atoms with Crippen molar-refractivity contribution in [3.05, 3.63) is 66.2 Å². The number of thiazole rings is 1. The summed E-state index contributed by atoms with van der Waals surface area (Å²) in [4.78, 5) is 9.26. The number of nitrogens with one attached hydrogen (secondary N) is 1. The lowest BCUT2D eigenvalue weighted by Crippen LogP contribution is -2.17. The summed E-state index contributed by atoms with van der Waals surface area (Å²) in [5, 5.41) is 4.38. The minimum atomic E-state index is -0.199. The molecule has 0 amide bonds. The highest BCUT2D eigenvalue weighted by Crippen LogP contribution is 2.34. The Morgan fingerprint density at radius 1 is 1.07 bits per heavy atom. The van der Waals surface area contributed by atoms with Gasteiger partial charge in [0.1, 0.15) is 23.4 Å². The minimum Gasteiger partial charge on any atom is -0.497 e. The Kier molecular flexibility index (Phi) is 4.68. The third-order valence-corrected chi connectivity index (χ3v) is 5.35. The molecule has 4 rings (SSSR count). The van der Waals surface area contributed by atoms with Gasteiger partial charge in [-0.05, 0) is 29.8 Å². The van der Waals surface area contributed by atoms with Crippen LogP contribution in [-0.2, 0) is 7.05 Å². The van der Waals surface area contributed by atoms with Crippen molar-refractivity contribution in [3.63, 3.8) is 0 Å². The molecule has 0 radical (unpaired) electrons. The first-order valence-corrected chi connectivity index (χ1v) is 9.32. The quantitative estimate of drug-likeness (QED) is 0.542. The molecule has 4 aromatic rings. The number of hydrogen-bond acceptors (Lipinski definition) is 6. The third kappa shape index (κ3) is 3.46. The molecule has 0 fully saturated rings. The Morgan fingerprint density at radius 2 is 1.81 bits per heavy atom. The van der Waals surface area contributed by atoms with E-state index in [9.17, 15) is 0 Å². The first kappa shape index (κ1) is 17.4. The van der Waals surface area contributed by atoms with Gasteiger partial charge in [-0.2, -0.15) is 0 Å². The number of rotatable bonds is 6. The fourth-order valence-electron chi connectivity index (χ4n) is 3.01. The van der Waals surface area contributed by atoms with Crippen LogP contribution in [0.5, 0.6) is 11.5 Å². The van der Waals surface area contributed by atoms with Crippen LogP contribution in [0.1, 0.15) is 17.4 Å². The van der Waals surface area contributed by atoms with Crippen LogP contribution in [0.2, 0.25) is 0 Å². The van der Waals surface area contributed by atoms with Crippen molar-refractivity contribution < 1.29 is 9.47 Å². The number of hydrogen-bond donors (Lipinski definition) is 1. The average molecular weight is 380 g/mol. The Hall–Kier alpha value is -3.06. The highest BCUT2D eigenvalue weighted by Gasteiger charge is 2.21. The van der Waals surface area contributed by atoms with Crippen molar-refractivity contribution in [1.82, 2.24) is 14.5 Å². The van der Waals surface area contributed by atoms with Gasteiger partial charge in [-0.15, -0.1) is 0 Å². The molecule has 138 valence electrons. The number of aryl methyl sites for hydroxylation is 1. The van der Waals surface area contributed by atoms with Crippen molar-refractivity contribution in [1.29, 1.82) is 0 Å². The van der Waals surface area contributed by atoms with Crippen LogP contribution in [0, 0.1) is 0 Å². The summed E-state index contributed by atoms with van der Waals surface area (Å²) in [6.45, 7) is 0. The van der Waals surface area contributed by atoms with Crippen LogP contribution in [0.3, 0.4) is 0 Å². The first-order chi connectivity index (χ1) is 13.2. The number of ether oxygens (including phenoxy) is 2. The van der Waals surface area contributed by atoms with Crippen molar-refractivity contribution >= 4 is 26.7 Å². The topological polar surface area (TPSA) is 61.2 Å². The maximum absolute atomic E-state index is 5.45. The van der Waals surface area contributed by atoms with Crippen LogP contribution >= 0.6 is 11.3 Å². The standard InChI is InChI=1S/C20H20N4O2S/c1-24-9-8-21-19(24)18(13-10-14(25-2)12-15(11-13)26-3)23-20-22-16-6-4-5-7-17(16)27-20/h4-12,18H,1-3H3,(H,22,23)/t18-/m0/s1. The number of aromatic nitrogens is 3. The molecule has 1 atom stereocenters.